The molecule has 0 radical (unpaired) electrons. The van der Waals surface area contributed by atoms with Crippen molar-refractivity contribution in [2.45, 2.75) is 19.4 Å². The summed E-state index contributed by atoms with van der Waals surface area (Å²) in [5.41, 5.74) is 1.67. The van der Waals surface area contributed by atoms with E-state index in [2.05, 4.69) is 0 Å². The van der Waals surface area contributed by atoms with Gasteiger partial charge in [-0.15, -0.1) is 0 Å². The van der Waals surface area contributed by atoms with E-state index in [1.54, 1.807) is 19.2 Å². The Morgan fingerprint density at radius 2 is 1.81 bits per heavy atom. The fourth-order valence-electron chi connectivity index (χ4n) is 2.06. The van der Waals surface area contributed by atoms with Gasteiger partial charge in [-0.3, -0.25) is 4.79 Å². The van der Waals surface area contributed by atoms with E-state index in [9.17, 15) is 4.79 Å². The molecule has 110 valence electrons. The van der Waals surface area contributed by atoms with Gasteiger partial charge in [-0.1, -0.05) is 30.3 Å². The van der Waals surface area contributed by atoms with Crippen LogP contribution in [0.5, 0.6) is 11.5 Å². The second-order valence-corrected chi connectivity index (χ2v) is 4.71. The standard InChI is InChI=1S/C17H18O4/c1-12(13-7-9-15(20-2)10-8-13)21-16-6-4-3-5-14(16)11-17(18)19/h3-10,12H,11H2,1-2H3,(H,18,19). The smallest absolute Gasteiger partial charge is 0.307 e. The van der Waals surface area contributed by atoms with Crippen molar-refractivity contribution in [2.24, 2.45) is 0 Å². The average molecular weight is 286 g/mol. The number of rotatable bonds is 6. The van der Waals surface area contributed by atoms with E-state index in [-0.39, 0.29) is 12.5 Å². The molecule has 2 aromatic carbocycles. The van der Waals surface area contributed by atoms with E-state index in [4.69, 9.17) is 14.6 Å². The molecule has 0 heterocycles. The maximum atomic E-state index is 10.9. The highest BCUT2D eigenvalue weighted by Crippen LogP contribution is 2.26. The third kappa shape index (κ3) is 3.99. The van der Waals surface area contributed by atoms with Crippen LogP contribution >= 0.6 is 0 Å². The van der Waals surface area contributed by atoms with E-state index in [1.165, 1.54) is 0 Å². The summed E-state index contributed by atoms with van der Waals surface area (Å²) in [5.74, 6) is 0.517. The van der Waals surface area contributed by atoms with Crippen molar-refractivity contribution in [1.29, 1.82) is 0 Å². The lowest BCUT2D eigenvalue weighted by molar-refractivity contribution is -0.136. The van der Waals surface area contributed by atoms with Crippen LogP contribution in [0.3, 0.4) is 0 Å². The zero-order valence-corrected chi connectivity index (χ0v) is 12.1. The molecule has 0 spiro atoms. The van der Waals surface area contributed by atoms with Gasteiger partial charge >= 0.3 is 5.97 Å². The first kappa shape index (κ1) is 14.9. The zero-order valence-electron chi connectivity index (χ0n) is 12.1. The number of benzene rings is 2. The molecule has 0 aliphatic carbocycles. The van der Waals surface area contributed by atoms with Crippen LogP contribution in [0.2, 0.25) is 0 Å². The first-order valence-corrected chi connectivity index (χ1v) is 6.70. The Morgan fingerprint density at radius 3 is 2.43 bits per heavy atom. The van der Waals surface area contributed by atoms with Gasteiger partial charge in [0.25, 0.3) is 0 Å². The quantitative estimate of drug-likeness (QED) is 0.883. The van der Waals surface area contributed by atoms with Crippen molar-refractivity contribution in [3.8, 4) is 11.5 Å². The third-order valence-electron chi connectivity index (χ3n) is 3.20. The predicted octanol–water partition coefficient (Wildman–Crippen LogP) is 3.46. The molecule has 4 nitrogen and oxygen atoms in total. The molecule has 2 rings (SSSR count). The Bertz CT molecular complexity index is 604. The maximum absolute atomic E-state index is 10.9. The van der Waals surface area contributed by atoms with E-state index < -0.39 is 5.97 Å². The van der Waals surface area contributed by atoms with Crippen LogP contribution in [0.25, 0.3) is 0 Å². The SMILES string of the molecule is COc1ccc(C(C)Oc2ccccc2CC(=O)O)cc1. The topological polar surface area (TPSA) is 55.8 Å². The number of carboxylic acids is 1. The minimum absolute atomic E-state index is 0.0501. The number of methoxy groups -OCH3 is 1. The van der Waals surface area contributed by atoms with Crippen LogP contribution in [-0.2, 0) is 11.2 Å². The van der Waals surface area contributed by atoms with Crippen molar-refractivity contribution >= 4 is 5.97 Å². The summed E-state index contributed by atoms with van der Waals surface area (Å²) in [4.78, 5) is 10.9. The lowest BCUT2D eigenvalue weighted by Crippen LogP contribution is -2.07. The molecule has 0 aromatic heterocycles. The normalized spacial score (nSPS) is 11.7. The summed E-state index contributed by atoms with van der Waals surface area (Å²) in [7, 11) is 1.62. The van der Waals surface area contributed by atoms with Gasteiger partial charge < -0.3 is 14.6 Å². The van der Waals surface area contributed by atoms with Gasteiger partial charge in [0.15, 0.2) is 0 Å². The molecule has 4 heteroatoms. The van der Waals surface area contributed by atoms with E-state index >= 15 is 0 Å². The fourth-order valence-corrected chi connectivity index (χ4v) is 2.06. The molecule has 21 heavy (non-hydrogen) atoms. The number of aliphatic carboxylic acids is 1. The minimum atomic E-state index is -0.872. The van der Waals surface area contributed by atoms with Gasteiger partial charge in [0.1, 0.15) is 17.6 Å². The molecule has 0 aliphatic heterocycles. The Hall–Kier alpha value is -2.49. The van der Waals surface area contributed by atoms with Crippen molar-refractivity contribution in [3.63, 3.8) is 0 Å². The Morgan fingerprint density at radius 1 is 1.14 bits per heavy atom. The lowest BCUT2D eigenvalue weighted by Gasteiger charge is -2.17. The second kappa shape index (κ2) is 6.79. The number of hydrogen-bond donors (Lipinski definition) is 1. The lowest BCUT2D eigenvalue weighted by atomic mass is 10.1. The Kier molecular flexibility index (Phi) is 4.82. The Balaban J connectivity index is 2.14. The number of carbonyl (C=O) groups is 1. The maximum Gasteiger partial charge on any atom is 0.307 e. The third-order valence-corrected chi connectivity index (χ3v) is 3.20. The molecular formula is C17H18O4. The minimum Gasteiger partial charge on any atom is -0.497 e. The van der Waals surface area contributed by atoms with Gasteiger partial charge in [0, 0.05) is 5.56 Å². The summed E-state index contributed by atoms with van der Waals surface area (Å²) in [6, 6.07) is 14.8. The fraction of sp³-hybridized carbons (Fsp3) is 0.235. The van der Waals surface area contributed by atoms with Gasteiger partial charge in [-0.2, -0.15) is 0 Å². The molecule has 0 bridgehead atoms. The first-order chi connectivity index (χ1) is 10.1. The van der Waals surface area contributed by atoms with Crippen LogP contribution in [0.4, 0.5) is 0 Å². The summed E-state index contributed by atoms with van der Waals surface area (Å²) < 4.78 is 11.0. The molecule has 0 aliphatic rings. The van der Waals surface area contributed by atoms with Crippen LogP contribution in [-0.4, -0.2) is 18.2 Å². The first-order valence-electron chi connectivity index (χ1n) is 6.70. The highest BCUT2D eigenvalue weighted by Gasteiger charge is 2.12. The van der Waals surface area contributed by atoms with Crippen molar-refractivity contribution in [3.05, 3.63) is 59.7 Å². The van der Waals surface area contributed by atoms with E-state index in [0.29, 0.717) is 11.3 Å². The van der Waals surface area contributed by atoms with Crippen LogP contribution in [0, 0.1) is 0 Å². The van der Waals surface area contributed by atoms with Gasteiger partial charge in [0.05, 0.1) is 13.5 Å². The molecular weight excluding hydrogens is 268 g/mol. The van der Waals surface area contributed by atoms with Crippen molar-refractivity contribution < 1.29 is 19.4 Å². The van der Waals surface area contributed by atoms with Gasteiger partial charge in [-0.25, -0.2) is 0 Å². The molecule has 0 fully saturated rings. The molecule has 1 N–H and O–H groups in total. The molecule has 1 atom stereocenters. The summed E-state index contributed by atoms with van der Waals surface area (Å²) in [6.07, 6.45) is -0.225. The zero-order chi connectivity index (χ0) is 15.2. The molecule has 2 aromatic rings. The number of hydrogen-bond acceptors (Lipinski definition) is 3. The molecule has 0 saturated carbocycles. The van der Waals surface area contributed by atoms with E-state index in [1.807, 2.05) is 43.3 Å². The summed E-state index contributed by atoms with van der Waals surface area (Å²) >= 11 is 0. The number of ether oxygens (including phenoxy) is 2. The molecule has 0 saturated heterocycles. The van der Waals surface area contributed by atoms with Crippen LogP contribution in [0.15, 0.2) is 48.5 Å². The molecule has 1 unspecified atom stereocenters. The van der Waals surface area contributed by atoms with Crippen molar-refractivity contribution in [2.75, 3.05) is 7.11 Å². The Labute approximate surface area is 123 Å². The van der Waals surface area contributed by atoms with Crippen LogP contribution < -0.4 is 9.47 Å². The monoisotopic (exact) mass is 286 g/mol. The second-order valence-electron chi connectivity index (χ2n) is 4.71. The highest BCUT2D eigenvalue weighted by molar-refractivity contribution is 5.71. The number of carboxylic acid groups (broad SMARTS) is 1. The summed E-state index contributed by atoms with van der Waals surface area (Å²) in [5, 5.41) is 8.93. The highest BCUT2D eigenvalue weighted by atomic mass is 16.5. The van der Waals surface area contributed by atoms with Gasteiger partial charge in [0.2, 0.25) is 0 Å². The van der Waals surface area contributed by atoms with E-state index in [0.717, 1.165) is 11.3 Å². The van der Waals surface area contributed by atoms with Crippen molar-refractivity contribution in [1.82, 2.24) is 0 Å². The number of para-hydroxylation sites is 1. The summed E-state index contributed by atoms with van der Waals surface area (Å²) in [6.45, 7) is 1.93. The van der Waals surface area contributed by atoms with Gasteiger partial charge in [-0.05, 0) is 30.7 Å². The molecule has 0 amide bonds. The van der Waals surface area contributed by atoms with Crippen LogP contribution in [0.1, 0.15) is 24.2 Å². The largest absolute Gasteiger partial charge is 0.497 e. The predicted molar refractivity (Wildman–Crippen MR) is 79.8 cm³/mol. The average Bonchev–Trinajstić information content (AvgIpc) is 2.49.